The Morgan fingerprint density at radius 1 is 1.11 bits per heavy atom. The topological polar surface area (TPSA) is 15.3 Å². The van der Waals surface area contributed by atoms with Gasteiger partial charge in [0.15, 0.2) is 0 Å². The van der Waals surface area contributed by atoms with Crippen LogP contribution in [0.4, 0.5) is 0 Å². The molecule has 2 nitrogen and oxygen atoms in total. The molecule has 0 heterocycles. The highest BCUT2D eigenvalue weighted by atomic mass is 15.2. The molecule has 19 heavy (non-hydrogen) atoms. The van der Waals surface area contributed by atoms with Gasteiger partial charge in [-0.1, -0.05) is 47.0 Å². The van der Waals surface area contributed by atoms with Crippen molar-refractivity contribution in [1.82, 2.24) is 10.2 Å². The maximum Gasteiger partial charge on any atom is 0.00953 e. The lowest BCUT2D eigenvalue weighted by atomic mass is 9.84. The molecule has 1 unspecified atom stereocenters. The summed E-state index contributed by atoms with van der Waals surface area (Å²) in [7, 11) is 0. The number of nitrogens with one attached hydrogen (secondary N) is 1. The zero-order valence-electron chi connectivity index (χ0n) is 13.8. The minimum atomic E-state index is 0.447. The smallest absolute Gasteiger partial charge is 0.00953 e. The minimum absolute atomic E-state index is 0.447. The maximum absolute atomic E-state index is 3.65. The van der Waals surface area contributed by atoms with Crippen LogP contribution in [0, 0.1) is 5.41 Å². The Bertz CT molecular complexity index is 223. The Morgan fingerprint density at radius 2 is 1.79 bits per heavy atom. The summed E-state index contributed by atoms with van der Waals surface area (Å²) >= 11 is 0. The van der Waals surface area contributed by atoms with Gasteiger partial charge in [0, 0.05) is 19.1 Å². The normalized spacial score (nSPS) is 20.1. The first-order valence-electron chi connectivity index (χ1n) is 8.60. The highest BCUT2D eigenvalue weighted by Gasteiger charge is 2.29. The summed E-state index contributed by atoms with van der Waals surface area (Å²) < 4.78 is 0. The van der Waals surface area contributed by atoms with Crippen molar-refractivity contribution >= 4 is 0 Å². The van der Waals surface area contributed by atoms with Crippen LogP contribution in [0.1, 0.15) is 72.6 Å². The quantitative estimate of drug-likeness (QED) is 0.601. The Labute approximate surface area is 121 Å². The average molecular weight is 268 g/mol. The van der Waals surface area contributed by atoms with Gasteiger partial charge in [0.25, 0.3) is 0 Å². The molecule has 2 heteroatoms. The van der Waals surface area contributed by atoms with Gasteiger partial charge in [0.2, 0.25) is 0 Å². The van der Waals surface area contributed by atoms with Crippen molar-refractivity contribution in [2.24, 2.45) is 5.41 Å². The molecule has 0 aromatic heterocycles. The summed E-state index contributed by atoms with van der Waals surface area (Å²) in [6.07, 6.45) is 9.62. The highest BCUT2D eigenvalue weighted by Crippen LogP contribution is 2.29. The molecule has 1 N–H and O–H groups in total. The van der Waals surface area contributed by atoms with Crippen molar-refractivity contribution < 1.29 is 0 Å². The van der Waals surface area contributed by atoms with Crippen molar-refractivity contribution in [2.45, 2.75) is 78.7 Å². The molecule has 0 aliphatic heterocycles. The molecule has 1 fully saturated rings. The molecule has 0 radical (unpaired) electrons. The first kappa shape index (κ1) is 17.0. The molecular formula is C17H36N2. The van der Waals surface area contributed by atoms with Crippen molar-refractivity contribution in [3.8, 4) is 0 Å². The first-order valence-corrected chi connectivity index (χ1v) is 8.60. The van der Waals surface area contributed by atoms with Gasteiger partial charge in [0.05, 0.1) is 0 Å². The van der Waals surface area contributed by atoms with Crippen molar-refractivity contribution in [1.29, 1.82) is 0 Å². The van der Waals surface area contributed by atoms with Gasteiger partial charge in [-0.15, -0.1) is 0 Å². The molecule has 1 saturated carbocycles. The summed E-state index contributed by atoms with van der Waals surface area (Å²) in [5.41, 5.74) is 0.447. The van der Waals surface area contributed by atoms with Crippen LogP contribution >= 0.6 is 0 Å². The molecule has 1 aliphatic carbocycles. The fraction of sp³-hybridized carbons (Fsp3) is 1.00. The SMILES string of the molecule is CCCNCC(C)(CCC)CN(CC)C1CCCC1. The summed E-state index contributed by atoms with van der Waals surface area (Å²) in [6.45, 7) is 14.2. The third-order valence-corrected chi connectivity index (χ3v) is 4.66. The van der Waals surface area contributed by atoms with E-state index >= 15 is 0 Å². The van der Waals surface area contributed by atoms with Crippen LogP contribution in [-0.4, -0.2) is 37.1 Å². The van der Waals surface area contributed by atoms with Crippen LogP contribution in [0.15, 0.2) is 0 Å². The minimum Gasteiger partial charge on any atom is -0.316 e. The van der Waals surface area contributed by atoms with E-state index in [0.29, 0.717) is 5.41 Å². The van der Waals surface area contributed by atoms with Gasteiger partial charge in [-0.3, -0.25) is 0 Å². The van der Waals surface area contributed by atoms with E-state index in [4.69, 9.17) is 0 Å². The molecule has 1 rings (SSSR count). The van der Waals surface area contributed by atoms with Crippen molar-refractivity contribution in [3.05, 3.63) is 0 Å². The zero-order valence-corrected chi connectivity index (χ0v) is 13.8. The second-order valence-electron chi connectivity index (χ2n) is 6.74. The summed E-state index contributed by atoms with van der Waals surface area (Å²) in [5, 5.41) is 3.65. The molecule has 0 spiro atoms. The fourth-order valence-electron chi connectivity index (χ4n) is 3.65. The standard InChI is InChI=1S/C17H36N2/c1-5-12-17(4,14-18-13-6-2)15-19(7-3)16-10-8-9-11-16/h16,18H,5-15H2,1-4H3. The predicted molar refractivity (Wildman–Crippen MR) is 85.7 cm³/mol. The Morgan fingerprint density at radius 3 is 2.32 bits per heavy atom. The Balaban J connectivity index is 2.52. The Hall–Kier alpha value is -0.0800. The van der Waals surface area contributed by atoms with Crippen LogP contribution in [0.25, 0.3) is 0 Å². The Kier molecular flexibility index (Phi) is 8.01. The van der Waals surface area contributed by atoms with Gasteiger partial charge in [-0.05, 0) is 44.2 Å². The summed E-state index contributed by atoms with van der Waals surface area (Å²) in [4.78, 5) is 2.76. The zero-order chi connectivity index (χ0) is 14.1. The number of rotatable bonds is 10. The molecule has 0 amide bonds. The molecule has 0 bridgehead atoms. The van der Waals surface area contributed by atoms with E-state index < -0.39 is 0 Å². The van der Waals surface area contributed by atoms with Crippen LogP contribution in [0.2, 0.25) is 0 Å². The van der Waals surface area contributed by atoms with Crippen LogP contribution in [-0.2, 0) is 0 Å². The molecule has 1 atom stereocenters. The van der Waals surface area contributed by atoms with Gasteiger partial charge in [-0.25, -0.2) is 0 Å². The van der Waals surface area contributed by atoms with E-state index in [0.717, 1.165) is 12.6 Å². The van der Waals surface area contributed by atoms with E-state index in [1.807, 2.05) is 0 Å². The molecular weight excluding hydrogens is 232 g/mol. The van der Waals surface area contributed by atoms with Gasteiger partial charge in [-0.2, -0.15) is 0 Å². The van der Waals surface area contributed by atoms with Crippen molar-refractivity contribution in [2.75, 3.05) is 26.2 Å². The number of nitrogens with zero attached hydrogens (tertiary/aromatic N) is 1. The second kappa shape index (κ2) is 8.97. The third kappa shape index (κ3) is 5.83. The third-order valence-electron chi connectivity index (χ3n) is 4.66. The molecule has 0 aromatic rings. The van der Waals surface area contributed by atoms with E-state index in [-0.39, 0.29) is 0 Å². The van der Waals surface area contributed by atoms with Gasteiger partial charge in [0.1, 0.15) is 0 Å². The maximum atomic E-state index is 3.65. The first-order chi connectivity index (χ1) is 9.15. The fourth-order valence-corrected chi connectivity index (χ4v) is 3.65. The number of hydrogen-bond donors (Lipinski definition) is 1. The van der Waals surface area contributed by atoms with E-state index in [2.05, 4.69) is 37.9 Å². The summed E-state index contributed by atoms with van der Waals surface area (Å²) in [6, 6.07) is 0.868. The van der Waals surface area contributed by atoms with Crippen LogP contribution in [0.3, 0.4) is 0 Å². The molecule has 0 aromatic carbocycles. The molecule has 1 aliphatic rings. The molecule has 0 saturated heterocycles. The van der Waals surface area contributed by atoms with E-state index in [1.54, 1.807) is 0 Å². The van der Waals surface area contributed by atoms with Crippen LogP contribution < -0.4 is 5.32 Å². The second-order valence-corrected chi connectivity index (χ2v) is 6.74. The van der Waals surface area contributed by atoms with Gasteiger partial charge < -0.3 is 10.2 Å². The average Bonchev–Trinajstić information content (AvgIpc) is 2.90. The molecule has 114 valence electrons. The monoisotopic (exact) mass is 268 g/mol. The lowest BCUT2D eigenvalue weighted by molar-refractivity contribution is 0.116. The van der Waals surface area contributed by atoms with E-state index in [1.165, 1.54) is 64.6 Å². The van der Waals surface area contributed by atoms with Crippen LogP contribution in [0.5, 0.6) is 0 Å². The lowest BCUT2D eigenvalue weighted by Crippen LogP contribution is -2.45. The largest absolute Gasteiger partial charge is 0.316 e. The summed E-state index contributed by atoms with van der Waals surface area (Å²) in [5.74, 6) is 0. The highest BCUT2D eigenvalue weighted by molar-refractivity contribution is 4.85. The lowest BCUT2D eigenvalue weighted by Gasteiger charge is -2.38. The van der Waals surface area contributed by atoms with Gasteiger partial charge >= 0.3 is 0 Å². The van der Waals surface area contributed by atoms with E-state index in [9.17, 15) is 0 Å². The predicted octanol–water partition coefficient (Wildman–Crippen LogP) is 4.06. The van der Waals surface area contributed by atoms with Crippen molar-refractivity contribution in [3.63, 3.8) is 0 Å². The number of hydrogen-bond acceptors (Lipinski definition) is 2.